The van der Waals surface area contributed by atoms with Crippen molar-refractivity contribution in [1.82, 2.24) is 24.3 Å². The van der Waals surface area contributed by atoms with E-state index in [1.165, 1.54) is 6.20 Å². The number of nitriles is 1. The third kappa shape index (κ3) is 4.49. The number of benzene rings is 2. The third-order valence-corrected chi connectivity index (χ3v) is 6.30. The molecule has 8 heteroatoms. The standard InChI is InChI=1S/C21H19N3O.C9H6N4/c1-3-17-12-15-8-7-11-19(16-13-22-23(2)14-16)20(15)21(25)24(17)18-9-5-4-6-10-18;10-4-6-5-13-7-2-1-3-12-9(7)8(6)11/h4-14H,3H2,1-2H3;1-3,5H,(H2,11,13). The van der Waals surface area contributed by atoms with Crippen LogP contribution in [0.15, 0.2) is 96.3 Å². The second-order valence-corrected chi connectivity index (χ2v) is 8.71. The van der Waals surface area contributed by atoms with Crippen molar-refractivity contribution in [2.24, 2.45) is 7.05 Å². The molecule has 4 heterocycles. The van der Waals surface area contributed by atoms with E-state index in [2.05, 4.69) is 28.1 Å². The fourth-order valence-corrected chi connectivity index (χ4v) is 4.47. The van der Waals surface area contributed by atoms with Gasteiger partial charge >= 0.3 is 0 Å². The van der Waals surface area contributed by atoms with Crippen molar-refractivity contribution >= 4 is 27.5 Å². The Kier molecular flexibility index (Phi) is 6.66. The first kappa shape index (κ1) is 24.4. The number of para-hydroxylation sites is 1. The quantitative estimate of drug-likeness (QED) is 0.365. The van der Waals surface area contributed by atoms with E-state index >= 15 is 0 Å². The molecule has 6 rings (SSSR count). The van der Waals surface area contributed by atoms with Gasteiger partial charge in [0.2, 0.25) is 0 Å². The van der Waals surface area contributed by atoms with E-state index in [1.54, 1.807) is 29.2 Å². The van der Waals surface area contributed by atoms with Gasteiger partial charge in [0.15, 0.2) is 0 Å². The van der Waals surface area contributed by atoms with Gasteiger partial charge < -0.3 is 5.73 Å². The monoisotopic (exact) mass is 499 g/mol. The Labute approximate surface area is 219 Å². The molecule has 0 amide bonds. The molecular formula is C30H25N7O. The van der Waals surface area contributed by atoms with Crippen molar-refractivity contribution in [2.45, 2.75) is 13.3 Å². The van der Waals surface area contributed by atoms with E-state index in [4.69, 9.17) is 11.0 Å². The van der Waals surface area contributed by atoms with Gasteiger partial charge in [-0.1, -0.05) is 43.3 Å². The summed E-state index contributed by atoms with van der Waals surface area (Å²) in [6.07, 6.45) is 7.61. The molecule has 0 fully saturated rings. The smallest absolute Gasteiger partial charge is 0.263 e. The highest BCUT2D eigenvalue weighted by atomic mass is 16.1. The van der Waals surface area contributed by atoms with E-state index in [9.17, 15) is 4.79 Å². The van der Waals surface area contributed by atoms with Crippen LogP contribution in [0.1, 0.15) is 18.2 Å². The van der Waals surface area contributed by atoms with E-state index in [-0.39, 0.29) is 5.56 Å². The minimum Gasteiger partial charge on any atom is -0.396 e. The molecule has 6 aromatic rings. The molecule has 0 aliphatic rings. The summed E-state index contributed by atoms with van der Waals surface area (Å²) in [6.45, 7) is 2.07. The Morgan fingerprint density at radius 3 is 2.53 bits per heavy atom. The SMILES string of the molecule is CCc1cc2cccc(-c3cnn(C)c3)c2c(=O)n1-c1ccccc1.N#Cc1cnc2cccnc2c1N. The Hall–Kier alpha value is -5.29. The van der Waals surface area contributed by atoms with Crippen LogP contribution in [0.25, 0.3) is 38.6 Å². The average molecular weight is 500 g/mol. The molecule has 8 nitrogen and oxygen atoms in total. The highest BCUT2D eigenvalue weighted by molar-refractivity contribution is 5.96. The normalized spacial score (nSPS) is 10.7. The summed E-state index contributed by atoms with van der Waals surface area (Å²) in [5.74, 6) is 0. The van der Waals surface area contributed by atoms with Gasteiger partial charge in [-0.05, 0) is 47.7 Å². The van der Waals surface area contributed by atoms with E-state index in [0.29, 0.717) is 22.3 Å². The highest BCUT2D eigenvalue weighted by Crippen LogP contribution is 2.27. The van der Waals surface area contributed by atoms with Gasteiger partial charge in [-0.15, -0.1) is 0 Å². The first-order valence-corrected chi connectivity index (χ1v) is 12.1. The first-order chi connectivity index (χ1) is 18.5. The molecule has 0 radical (unpaired) electrons. The summed E-state index contributed by atoms with van der Waals surface area (Å²) < 4.78 is 3.58. The highest BCUT2D eigenvalue weighted by Gasteiger charge is 2.14. The lowest BCUT2D eigenvalue weighted by molar-refractivity contribution is 0.768. The van der Waals surface area contributed by atoms with Crippen LogP contribution in [-0.2, 0) is 13.5 Å². The van der Waals surface area contributed by atoms with Crippen LogP contribution in [0.3, 0.4) is 0 Å². The molecule has 0 spiro atoms. The Morgan fingerprint density at radius 2 is 1.82 bits per heavy atom. The van der Waals surface area contributed by atoms with Crippen LogP contribution in [0, 0.1) is 11.3 Å². The molecule has 0 unspecified atom stereocenters. The van der Waals surface area contributed by atoms with Gasteiger partial charge in [0.1, 0.15) is 11.6 Å². The molecule has 4 aromatic heterocycles. The maximum atomic E-state index is 13.4. The summed E-state index contributed by atoms with van der Waals surface area (Å²) in [5.41, 5.74) is 11.5. The minimum absolute atomic E-state index is 0.0139. The number of hydrogen-bond acceptors (Lipinski definition) is 6. The number of anilines is 1. The number of aromatic nitrogens is 5. The minimum atomic E-state index is 0.0139. The fourth-order valence-electron chi connectivity index (χ4n) is 4.47. The van der Waals surface area contributed by atoms with Crippen LogP contribution >= 0.6 is 0 Å². The summed E-state index contributed by atoms with van der Waals surface area (Å²) in [6, 6.07) is 23.5. The maximum Gasteiger partial charge on any atom is 0.263 e. The lowest BCUT2D eigenvalue weighted by Crippen LogP contribution is -2.22. The van der Waals surface area contributed by atoms with Gasteiger partial charge in [-0.3, -0.25) is 24.0 Å². The number of aryl methyl sites for hydroxylation is 2. The van der Waals surface area contributed by atoms with E-state index in [1.807, 2.05) is 72.4 Å². The number of hydrogen-bond donors (Lipinski definition) is 1. The van der Waals surface area contributed by atoms with Crippen LogP contribution in [0.4, 0.5) is 5.69 Å². The lowest BCUT2D eigenvalue weighted by atomic mass is 10.0. The zero-order valence-corrected chi connectivity index (χ0v) is 21.0. The molecule has 0 aliphatic heterocycles. The summed E-state index contributed by atoms with van der Waals surface area (Å²) >= 11 is 0. The number of nitrogens with two attached hydrogens (primary N) is 1. The van der Waals surface area contributed by atoms with Gasteiger partial charge in [-0.25, -0.2) is 0 Å². The van der Waals surface area contributed by atoms with Crippen molar-refractivity contribution in [2.75, 3.05) is 5.73 Å². The van der Waals surface area contributed by atoms with Gasteiger partial charge in [0.25, 0.3) is 5.56 Å². The van der Waals surface area contributed by atoms with Crippen LogP contribution in [-0.4, -0.2) is 24.3 Å². The van der Waals surface area contributed by atoms with Crippen molar-refractivity contribution in [3.05, 3.63) is 113 Å². The van der Waals surface area contributed by atoms with E-state index in [0.717, 1.165) is 39.7 Å². The molecule has 2 N–H and O–H groups in total. The number of nitrogens with zero attached hydrogens (tertiary/aromatic N) is 6. The van der Waals surface area contributed by atoms with Crippen LogP contribution < -0.4 is 11.3 Å². The molecule has 0 atom stereocenters. The molecule has 38 heavy (non-hydrogen) atoms. The summed E-state index contributed by atoms with van der Waals surface area (Å²) in [7, 11) is 1.88. The predicted octanol–water partition coefficient (Wildman–Crippen LogP) is 5.04. The number of nitrogen functional groups attached to an aromatic ring is 1. The molecule has 186 valence electrons. The molecule has 0 bridgehead atoms. The van der Waals surface area contributed by atoms with Gasteiger partial charge in [-0.2, -0.15) is 10.4 Å². The van der Waals surface area contributed by atoms with Crippen molar-refractivity contribution in [3.63, 3.8) is 0 Å². The molecule has 0 saturated carbocycles. The largest absolute Gasteiger partial charge is 0.396 e. The van der Waals surface area contributed by atoms with Crippen molar-refractivity contribution in [1.29, 1.82) is 5.26 Å². The zero-order valence-electron chi connectivity index (χ0n) is 21.0. The number of rotatable bonds is 3. The lowest BCUT2D eigenvalue weighted by Gasteiger charge is -2.15. The molecular weight excluding hydrogens is 474 g/mol. The molecule has 0 aliphatic carbocycles. The van der Waals surface area contributed by atoms with Gasteiger partial charge in [0.05, 0.1) is 28.4 Å². The Balaban J connectivity index is 0.000000190. The molecule has 2 aromatic carbocycles. The maximum absolute atomic E-state index is 13.4. The summed E-state index contributed by atoms with van der Waals surface area (Å²) in [4.78, 5) is 21.5. The fraction of sp³-hybridized carbons (Fsp3) is 0.100. The number of fused-ring (bicyclic) bond motifs is 2. The third-order valence-electron chi connectivity index (χ3n) is 6.30. The van der Waals surface area contributed by atoms with Gasteiger partial charge in [0, 0.05) is 42.6 Å². The second-order valence-electron chi connectivity index (χ2n) is 8.71. The number of pyridine rings is 3. The zero-order chi connectivity index (χ0) is 26.6. The summed E-state index contributed by atoms with van der Waals surface area (Å²) in [5, 5.41) is 14.6. The Bertz CT molecular complexity index is 1860. The Morgan fingerprint density at radius 1 is 1.00 bits per heavy atom. The second kappa shape index (κ2) is 10.4. The van der Waals surface area contributed by atoms with Crippen molar-refractivity contribution < 1.29 is 0 Å². The van der Waals surface area contributed by atoms with Crippen LogP contribution in [0.5, 0.6) is 0 Å². The predicted molar refractivity (Wildman–Crippen MR) is 150 cm³/mol. The van der Waals surface area contributed by atoms with E-state index < -0.39 is 0 Å². The van der Waals surface area contributed by atoms with Crippen LogP contribution in [0.2, 0.25) is 0 Å². The first-order valence-electron chi connectivity index (χ1n) is 12.1. The average Bonchev–Trinajstić information content (AvgIpc) is 3.39. The van der Waals surface area contributed by atoms with Crippen molar-refractivity contribution in [3.8, 4) is 22.9 Å². The topological polar surface area (TPSA) is 115 Å². The molecule has 0 saturated heterocycles.